The highest BCUT2D eigenvalue weighted by molar-refractivity contribution is 5.88. The fourth-order valence-electron chi connectivity index (χ4n) is 10.7. The van der Waals surface area contributed by atoms with Gasteiger partial charge in [-0.15, -0.1) is 0 Å². The highest BCUT2D eigenvalue weighted by Crippen LogP contribution is 2.41. The van der Waals surface area contributed by atoms with E-state index < -0.39 is 256 Å². The largest absolute Gasteiger partial charge is 0.508 e. The molecule has 88 heavy (non-hydrogen) atoms. The van der Waals surface area contributed by atoms with Gasteiger partial charge < -0.3 is 163 Å². The molecule has 1 aromatic heterocycles. The van der Waals surface area contributed by atoms with Crippen molar-refractivity contribution in [1.29, 1.82) is 0 Å². The summed E-state index contributed by atoms with van der Waals surface area (Å²) in [6, 6.07) is 6.64. The van der Waals surface area contributed by atoms with Crippen molar-refractivity contribution >= 4 is 16.9 Å². The lowest BCUT2D eigenvalue weighted by Gasteiger charge is -2.48. The summed E-state index contributed by atoms with van der Waals surface area (Å²) in [6.45, 7) is 0.391. The number of hydrogen-bond donors (Lipinski definition) is 19. The van der Waals surface area contributed by atoms with Crippen molar-refractivity contribution in [2.45, 2.75) is 205 Å². The maximum atomic E-state index is 14.8. The normalized spacial score (nSPS) is 43.3. The van der Waals surface area contributed by atoms with Gasteiger partial charge in [0.25, 0.3) is 0 Å². The molecule has 494 valence electrons. The molecule has 2 aromatic carbocycles. The van der Waals surface area contributed by atoms with Crippen LogP contribution in [0.4, 0.5) is 0 Å². The number of benzene rings is 2. The number of phenolic OH excluding ortho intramolecular Hbond substituents is 2. The molecule has 6 aliphatic rings. The summed E-state index contributed by atoms with van der Waals surface area (Å²) < 4.78 is 80.8. The molecule has 19 N–H and O–H groups in total. The van der Waals surface area contributed by atoms with Crippen LogP contribution >= 0.6 is 0 Å². The van der Waals surface area contributed by atoms with Crippen molar-refractivity contribution in [2.75, 3.05) is 26.4 Å². The Kier molecular flexibility index (Phi) is 21.5. The zero-order valence-corrected chi connectivity index (χ0v) is 46.6. The molecular weight excluding hydrogens is 1200 g/mol. The summed E-state index contributed by atoms with van der Waals surface area (Å²) in [6.07, 6.45) is -55.2. The second-order valence-corrected chi connectivity index (χ2v) is 21.9. The predicted octanol–water partition coefficient (Wildman–Crippen LogP) is -8.85. The average Bonchev–Trinajstić information content (AvgIpc) is 1.32. The minimum absolute atomic E-state index is 0.0374. The van der Waals surface area contributed by atoms with Gasteiger partial charge in [-0.2, -0.15) is 0 Å². The second-order valence-electron chi connectivity index (χ2n) is 21.9. The van der Waals surface area contributed by atoms with Crippen LogP contribution in [0.1, 0.15) is 20.8 Å². The van der Waals surface area contributed by atoms with Crippen molar-refractivity contribution in [3.8, 4) is 34.3 Å². The Morgan fingerprint density at radius 1 is 0.477 bits per heavy atom. The van der Waals surface area contributed by atoms with E-state index in [-0.39, 0.29) is 11.3 Å². The van der Waals surface area contributed by atoms with Crippen LogP contribution in [0.2, 0.25) is 0 Å². The first-order valence-corrected chi connectivity index (χ1v) is 27.7. The smallest absolute Gasteiger partial charge is 0.302 e. The minimum Gasteiger partial charge on any atom is -0.508 e. The minimum atomic E-state index is -2.18. The van der Waals surface area contributed by atoms with Gasteiger partial charge in [0.15, 0.2) is 37.0 Å². The first-order valence-electron chi connectivity index (χ1n) is 27.7. The van der Waals surface area contributed by atoms with Crippen LogP contribution in [0.15, 0.2) is 45.6 Å². The molecule has 0 radical (unpaired) electrons. The van der Waals surface area contributed by atoms with Gasteiger partial charge in [0.2, 0.25) is 23.8 Å². The Morgan fingerprint density at radius 3 is 1.56 bits per heavy atom. The number of carbonyl (C=O) groups is 1. The topological polar surface area (TPSA) is 552 Å². The molecule has 6 saturated heterocycles. The first kappa shape index (κ1) is 67.6. The summed E-state index contributed by atoms with van der Waals surface area (Å²) in [5.41, 5.74) is -1.77. The van der Waals surface area contributed by atoms with Gasteiger partial charge in [-0.05, 0) is 38.1 Å². The van der Waals surface area contributed by atoms with Crippen molar-refractivity contribution in [2.24, 2.45) is 0 Å². The molecule has 0 unspecified atom stereocenters. The standard InChI is InChI=1S/C53H72O35/c1-14-27(59)33(65)38(70)49(77-14)88-47-45(86-51-40(72)35(67)29(61)24(83-51)12-75-16(3)56)31(63)23(11-55)82-53(47)79-19-8-20(58)26-21(9-19)80-44(17-4-6-18(57)7-5-17)46(32(26)64)87-52-41(73)36(68)30(62)25(84-52)13-76-48-42(74)37(69)43(15(2)78-48)85-50-39(71)34(66)28(60)22(10-54)81-50/h4-9,14-15,22-25,27-31,33-43,45,47-55,57-63,65-74H,10-13H2,1-3H3/t14-,15-,22+,23+,24+,25+,27-,28+,29+,30-,31+,33+,34-,35-,36-,37-,38+,39+,40+,41+,42+,43-,45-,47+,48+,49-,50-,51-,52-,53+/m0/s1. The zero-order valence-electron chi connectivity index (χ0n) is 46.6. The van der Waals surface area contributed by atoms with Gasteiger partial charge in [0, 0.05) is 24.6 Å². The maximum Gasteiger partial charge on any atom is 0.302 e. The van der Waals surface area contributed by atoms with Crippen LogP contribution in [0, 0.1) is 0 Å². The number of rotatable bonds is 18. The van der Waals surface area contributed by atoms with Gasteiger partial charge in [-0.25, -0.2) is 0 Å². The monoisotopic (exact) mass is 1270 g/mol. The van der Waals surface area contributed by atoms with Gasteiger partial charge >= 0.3 is 5.97 Å². The number of ether oxygens (including phenoxy) is 13. The Labute approximate surface area is 496 Å². The molecule has 0 amide bonds. The lowest BCUT2D eigenvalue weighted by molar-refractivity contribution is -0.383. The summed E-state index contributed by atoms with van der Waals surface area (Å²) >= 11 is 0. The molecule has 30 atom stereocenters. The van der Waals surface area contributed by atoms with Crippen LogP contribution < -0.4 is 14.9 Å². The lowest BCUT2D eigenvalue weighted by atomic mass is 9.96. The van der Waals surface area contributed by atoms with Gasteiger partial charge in [0.1, 0.15) is 163 Å². The Morgan fingerprint density at radius 2 is 0.955 bits per heavy atom. The van der Waals surface area contributed by atoms with Gasteiger partial charge in [0.05, 0.1) is 32.0 Å². The lowest BCUT2D eigenvalue weighted by Crippen LogP contribution is -2.67. The Hall–Kier alpha value is -4.76. The van der Waals surface area contributed by atoms with E-state index in [4.69, 9.17) is 66.0 Å². The molecule has 9 rings (SSSR count). The third kappa shape index (κ3) is 13.7. The summed E-state index contributed by atoms with van der Waals surface area (Å²) in [4.78, 5) is 26.4. The van der Waals surface area contributed by atoms with Crippen molar-refractivity contribution in [1.82, 2.24) is 0 Å². The van der Waals surface area contributed by atoms with E-state index in [9.17, 15) is 107 Å². The van der Waals surface area contributed by atoms with Crippen LogP contribution in [0.25, 0.3) is 22.3 Å². The van der Waals surface area contributed by atoms with E-state index in [1.165, 1.54) is 38.1 Å². The van der Waals surface area contributed by atoms with Crippen molar-refractivity contribution in [3.05, 3.63) is 46.6 Å². The average molecular weight is 1270 g/mol. The highest BCUT2D eigenvalue weighted by Gasteiger charge is 2.56. The number of hydrogen-bond acceptors (Lipinski definition) is 35. The predicted molar refractivity (Wildman–Crippen MR) is 277 cm³/mol. The molecule has 6 fully saturated rings. The van der Waals surface area contributed by atoms with E-state index in [0.29, 0.717) is 0 Å². The molecule has 35 nitrogen and oxygen atoms in total. The van der Waals surface area contributed by atoms with Gasteiger partial charge in [-0.3, -0.25) is 9.59 Å². The third-order valence-electron chi connectivity index (χ3n) is 15.8. The molecule has 6 aliphatic heterocycles. The number of fused-ring (bicyclic) bond motifs is 1. The quantitative estimate of drug-likeness (QED) is 0.0526. The zero-order chi connectivity index (χ0) is 64.1. The second kappa shape index (κ2) is 28.0. The molecule has 0 saturated carbocycles. The number of aliphatic hydroxyl groups is 17. The summed E-state index contributed by atoms with van der Waals surface area (Å²) in [5, 5.41) is 204. The number of phenols is 2. The van der Waals surface area contributed by atoms with Crippen molar-refractivity contribution < 1.29 is 168 Å². The van der Waals surface area contributed by atoms with Crippen LogP contribution in [0.3, 0.4) is 0 Å². The SMILES string of the molecule is CC(=O)OC[C@H]1O[C@@H](O[C@H]2[C@H](O)[C@@H](CO)O[C@@H](Oc3cc(O)c4c(=O)c(O[C@@H]5O[C@H](CO[C@@H]6O[C@@H](C)[C@H](O[C@@H]7O[C@H](CO)[C@@H](O)[C@H](O)[C@H]7O)[C@@H](O)[C@H]6O)[C@H](O)[C@H](O)[C@H]5O)c(-c5ccc(O)cc5)oc4c3)[C@@H]2O[C@@H]2O[C@@H](C)[C@H](O)[C@@H](O)[C@H]2O)[C@H](O)[C@@H](O)[C@@H]1O. The van der Waals surface area contributed by atoms with E-state index in [1.54, 1.807) is 0 Å². The van der Waals surface area contributed by atoms with Crippen LogP contribution in [-0.2, 0) is 56.9 Å². The summed E-state index contributed by atoms with van der Waals surface area (Å²) in [5.74, 6) is -3.87. The maximum absolute atomic E-state index is 14.8. The van der Waals surface area contributed by atoms with Crippen LogP contribution in [-0.4, -0.2) is 314 Å². The number of aromatic hydroxyl groups is 2. The Balaban J connectivity index is 0.989. The molecule has 3 aromatic rings. The molecule has 35 heteroatoms. The molecule has 0 aliphatic carbocycles. The highest BCUT2D eigenvalue weighted by atomic mass is 16.8. The molecular formula is C53H72O35. The molecule has 7 heterocycles. The first-order chi connectivity index (χ1) is 41.6. The van der Waals surface area contributed by atoms with E-state index >= 15 is 0 Å². The van der Waals surface area contributed by atoms with E-state index in [2.05, 4.69) is 0 Å². The molecule has 0 spiro atoms. The van der Waals surface area contributed by atoms with Gasteiger partial charge in [-0.1, -0.05) is 0 Å². The number of aliphatic hydroxyl groups excluding tert-OH is 17. The van der Waals surface area contributed by atoms with E-state index in [1.807, 2.05) is 0 Å². The van der Waals surface area contributed by atoms with E-state index in [0.717, 1.165) is 19.1 Å². The van der Waals surface area contributed by atoms with Crippen molar-refractivity contribution in [3.63, 3.8) is 0 Å². The third-order valence-corrected chi connectivity index (χ3v) is 15.8. The fraction of sp³-hybridized carbons (Fsp3) is 0.698. The number of esters is 1. The van der Waals surface area contributed by atoms with Crippen LogP contribution in [0.5, 0.6) is 23.0 Å². The number of carbonyl (C=O) groups excluding carboxylic acids is 1. The fourth-order valence-corrected chi connectivity index (χ4v) is 10.7. The summed E-state index contributed by atoms with van der Waals surface area (Å²) in [7, 11) is 0. The molecule has 0 bridgehead atoms. The Bertz CT molecular complexity index is 2860.